The van der Waals surface area contributed by atoms with Gasteiger partial charge in [-0.25, -0.2) is 0 Å². The molecule has 0 fully saturated rings. The maximum absolute atomic E-state index is 12.1. The highest BCUT2D eigenvalue weighted by molar-refractivity contribution is 7.86. The van der Waals surface area contributed by atoms with Crippen LogP contribution in [0.4, 0.5) is 4.39 Å². The Morgan fingerprint density at radius 2 is 1.94 bits per heavy atom. The van der Waals surface area contributed by atoms with Gasteiger partial charge >= 0.3 is 0 Å². The summed E-state index contributed by atoms with van der Waals surface area (Å²) in [4.78, 5) is 0. The number of halogens is 1. The number of hydrogen-bond acceptors (Lipinski definition) is 2. The van der Waals surface area contributed by atoms with Crippen molar-refractivity contribution in [3.63, 3.8) is 0 Å². The smallest absolute Gasteiger partial charge is 0.268 e. The van der Waals surface area contributed by atoms with Crippen molar-refractivity contribution in [3.8, 4) is 12.3 Å². The van der Waals surface area contributed by atoms with Crippen molar-refractivity contribution >= 4 is 10.1 Å². The summed E-state index contributed by atoms with van der Waals surface area (Å²) >= 11 is 0. The summed E-state index contributed by atoms with van der Waals surface area (Å²) in [6.45, 7) is -0.595. The van der Waals surface area contributed by atoms with Gasteiger partial charge in [-0.1, -0.05) is 18.1 Å². The van der Waals surface area contributed by atoms with Crippen molar-refractivity contribution in [3.05, 3.63) is 35.4 Å². The van der Waals surface area contributed by atoms with Gasteiger partial charge in [0.05, 0.1) is 11.9 Å². The largest absolute Gasteiger partial charge is 0.285 e. The van der Waals surface area contributed by atoms with E-state index in [1.807, 2.05) is 0 Å². The van der Waals surface area contributed by atoms with Crippen LogP contribution in [0.1, 0.15) is 24.0 Å². The average molecular weight is 269 g/mol. The highest BCUT2D eigenvalue weighted by Crippen LogP contribution is 2.15. The van der Waals surface area contributed by atoms with Gasteiger partial charge in [-0.3, -0.25) is 8.94 Å². The first-order valence-electron chi connectivity index (χ1n) is 5.55. The Kier molecular flexibility index (Phi) is 5.32. The van der Waals surface area contributed by atoms with Gasteiger partial charge in [0.25, 0.3) is 10.1 Å². The van der Waals surface area contributed by atoms with E-state index in [0.29, 0.717) is 5.56 Å². The summed E-state index contributed by atoms with van der Waals surface area (Å²) in [6.07, 6.45) is 5.59. The second kappa shape index (κ2) is 6.53. The average Bonchev–Trinajstić information content (AvgIpc) is 2.34. The third kappa shape index (κ3) is 4.47. The first-order valence-corrected chi connectivity index (χ1v) is 7.05. The fourth-order valence-electron chi connectivity index (χ4n) is 1.66. The topological polar surface area (TPSA) is 54.4 Å². The zero-order valence-electron chi connectivity index (χ0n) is 9.84. The predicted molar refractivity (Wildman–Crippen MR) is 68.6 cm³/mol. The molecule has 1 rings (SSSR count). The lowest BCUT2D eigenvalue weighted by Gasteiger charge is -2.13. The minimum atomic E-state index is -4.16. The SMILES string of the molecule is C#Cc1ccc(CC(CCC[18F])S(=O)(=O)O)cc1. The van der Waals surface area contributed by atoms with Crippen molar-refractivity contribution < 1.29 is 17.4 Å². The van der Waals surface area contributed by atoms with Gasteiger partial charge in [0, 0.05) is 5.56 Å². The number of benzene rings is 1. The van der Waals surface area contributed by atoms with Gasteiger partial charge in [0.1, 0.15) is 0 Å². The van der Waals surface area contributed by atoms with E-state index in [4.69, 9.17) is 11.0 Å². The van der Waals surface area contributed by atoms with Crippen molar-refractivity contribution in [1.82, 2.24) is 0 Å². The van der Waals surface area contributed by atoms with Crippen LogP contribution in [-0.2, 0) is 16.5 Å². The van der Waals surface area contributed by atoms with E-state index in [-0.39, 0.29) is 19.3 Å². The predicted octanol–water partition coefficient (Wildman–Crippen LogP) is 2.22. The number of alkyl halides is 1. The third-order valence-corrected chi connectivity index (χ3v) is 3.91. The van der Waals surface area contributed by atoms with Gasteiger partial charge in [-0.15, -0.1) is 6.42 Å². The van der Waals surface area contributed by atoms with Gasteiger partial charge < -0.3 is 0 Å². The van der Waals surface area contributed by atoms with Crippen LogP contribution in [0, 0.1) is 12.3 Å². The first-order chi connectivity index (χ1) is 8.47. The standard InChI is InChI=1S/C13H15FO3S/c1-2-11-5-7-12(8-6-11)10-13(4-3-9-14)18(15,16)17/h1,5-8,13H,3-4,9-10H2,(H,15,16,17)/i14-1. The maximum Gasteiger partial charge on any atom is 0.268 e. The highest BCUT2D eigenvalue weighted by atomic mass is 32.2. The highest BCUT2D eigenvalue weighted by Gasteiger charge is 2.22. The zero-order chi connectivity index (χ0) is 13.6. The second-order valence-electron chi connectivity index (χ2n) is 4.01. The van der Waals surface area contributed by atoms with Crippen LogP contribution in [0.5, 0.6) is 0 Å². The fourth-order valence-corrected chi connectivity index (χ4v) is 2.53. The molecule has 1 unspecified atom stereocenters. The molecule has 18 heavy (non-hydrogen) atoms. The quantitative estimate of drug-likeness (QED) is 0.636. The molecule has 0 heterocycles. The Bertz CT molecular complexity index is 514. The van der Waals surface area contributed by atoms with E-state index in [1.54, 1.807) is 24.3 Å². The van der Waals surface area contributed by atoms with Crippen LogP contribution in [0.15, 0.2) is 24.3 Å². The molecular formula is C13H15FO3S. The summed E-state index contributed by atoms with van der Waals surface area (Å²) in [5, 5.41) is -0.968. The molecule has 98 valence electrons. The molecule has 0 bridgehead atoms. The second-order valence-corrected chi connectivity index (χ2v) is 5.71. The third-order valence-electron chi connectivity index (χ3n) is 2.66. The Morgan fingerprint density at radius 1 is 1.33 bits per heavy atom. The molecule has 0 aliphatic rings. The molecule has 0 amide bonds. The van der Waals surface area contributed by atoms with Crippen molar-refractivity contribution in [1.29, 1.82) is 0 Å². The fraction of sp³-hybridized carbons (Fsp3) is 0.385. The normalized spacial score (nSPS) is 12.9. The Hall–Kier alpha value is -1.38. The summed E-state index contributed by atoms with van der Waals surface area (Å²) in [6, 6.07) is 6.82. The van der Waals surface area contributed by atoms with Gasteiger partial charge in [-0.2, -0.15) is 8.42 Å². The van der Waals surface area contributed by atoms with E-state index in [0.717, 1.165) is 5.56 Å². The molecule has 0 aliphatic heterocycles. The lowest BCUT2D eigenvalue weighted by atomic mass is 10.1. The number of rotatable bonds is 6. The molecule has 3 nitrogen and oxygen atoms in total. The molecule has 1 aromatic carbocycles. The summed E-state index contributed by atoms with van der Waals surface area (Å²) in [5.41, 5.74) is 1.45. The molecule has 0 aromatic heterocycles. The minimum absolute atomic E-state index is 0.103. The van der Waals surface area contributed by atoms with E-state index < -0.39 is 22.0 Å². The van der Waals surface area contributed by atoms with Crippen LogP contribution in [0.3, 0.4) is 0 Å². The number of hydrogen-bond donors (Lipinski definition) is 1. The Morgan fingerprint density at radius 3 is 2.39 bits per heavy atom. The lowest BCUT2D eigenvalue weighted by Crippen LogP contribution is -2.23. The van der Waals surface area contributed by atoms with Crippen LogP contribution in [0.2, 0.25) is 0 Å². The van der Waals surface area contributed by atoms with Gasteiger partial charge in [-0.05, 0) is 37.0 Å². The molecule has 0 radical (unpaired) electrons. The molecule has 0 spiro atoms. The van der Waals surface area contributed by atoms with Crippen LogP contribution in [0.25, 0.3) is 0 Å². The van der Waals surface area contributed by atoms with E-state index in [9.17, 15) is 12.8 Å². The monoisotopic (exact) mass is 269 g/mol. The number of terminal acetylenes is 1. The van der Waals surface area contributed by atoms with Crippen LogP contribution in [-0.4, -0.2) is 24.9 Å². The van der Waals surface area contributed by atoms with Crippen molar-refractivity contribution in [2.45, 2.75) is 24.5 Å². The Balaban J connectivity index is 2.79. The summed E-state index contributed by atoms with van der Waals surface area (Å²) < 4.78 is 43.5. The van der Waals surface area contributed by atoms with E-state index in [1.165, 1.54) is 0 Å². The van der Waals surface area contributed by atoms with E-state index in [2.05, 4.69) is 5.92 Å². The zero-order valence-corrected chi connectivity index (χ0v) is 10.7. The first kappa shape index (κ1) is 14.7. The summed E-state index contributed by atoms with van der Waals surface area (Å²) in [5.74, 6) is 2.45. The van der Waals surface area contributed by atoms with Crippen molar-refractivity contribution in [2.24, 2.45) is 0 Å². The molecule has 1 atom stereocenters. The lowest BCUT2D eigenvalue weighted by molar-refractivity contribution is 0.431. The van der Waals surface area contributed by atoms with Gasteiger partial charge in [0.2, 0.25) is 0 Å². The minimum Gasteiger partial charge on any atom is -0.285 e. The summed E-state index contributed by atoms with van der Waals surface area (Å²) in [7, 11) is -4.16. The molecule has 0 aliphatic carbocycles. The molecule has 1 N–H and O–H groups in total. The van der Waals surface area contributed by atoms with Crippen LogP contribution >= 0.6 is 0 Å². The molecule has 1 aromatic rings. The Labute approximate surface area is 107 Å². The molecule has 0 saturated heterocycles. The van der Waals surface area contributed by atoms with Gasteiger partial charge in [0.15, 0.2) is 0 Å². The molecule has 5 heteroatoms. The van der Waals surface area contributed by atoms with Crippen LogP contribution < -0.4 is 0 Å². The molecule has 0 saturated carbocycles. The van der Waals surface area contributed by atoms with E-state index >= 15 is 0 Å². The van der Waals surface area contributed by atoms with Crippen molar-refractivity contribution in [2.75, 3.05) is 6.67 Å². The maximum atomic E-state index is 12.1. The molecular weight excluding hydrogens is 254 g/mol.